The topological polar surface area (TPSA) is 18.5 Å². The second-order valence-electron chi connectivity index (χ2n) is 7.38. The van der Waals surface area contributed by atoms with E-state index < -0.39 is 21.4 Å². The summed E-state index contributed by atoms with van der Waals surface area (Å²) in [5.41, 5.74) is -0.768. The van der Waals surface area contributed by atoms with E-state index in [4.69, 9.17) is 9.47 Å². The average molecular weight is 458 g/mol. The molecule has 0 fully saturated rings. The molecule has 0 heterocycles. The van der Waals surface area contributed by atoms with Gasteiger partial charge in [-0.05, 0) is 29.1 Å². The van der Waals surface area contributed by atoms with Gasteiger partial charge in [0.15, 0.2) is 5.53 Å². The van der Waals surface area contributed by atoms with Gasteiger partial charge in [-0.3, -0.25) is 0 Å². The number of hydrogen-bond donors (Lipinski definition) is 0. The first kappa shape index (κ1) is 22.8. The zero-order chi connectivity index (χ0) is 22.2. The molecule has 0 aliphatic carbocycles. The van der Waals surface area contributed by atoms with E-state index in [1.807, 2.05) is 0 Å². The smallest absolute Gasteiger partial charge is 0.199 e. The second-order valence-corrected chi connectivity index (χ2v) is 12.0. The van der Waals surface area contributed by atoms with Gasteiger partial charge in [-0.15, -0.1) is 0 Å². The van der Waals surface area contributed by atoms with Crippen molar-refractivity contribution >= 4 is 37.1 Å². The Labute approximate surface area is 193 Å². The van der Waals surface area contributed by atoms with Crippen molar-refractivity contribution < 1.29 is 9.47 Å². The lowest BCUT2D eigenvalue weighted by Crippen LogP contribution is -2.43. The number of hydrogen-bond acceptors (Lipinski definition) is 2. The van der Waals surface area contributed by atoms with Crippen molar-refractivity contribution in [1.82, 2.24) is 0 Å². The number of rotatable bonds is 9. The molecule has 2 nitrogen and oxygen atoms in total. The first-order chi connectivity index (χ1) is 15.8. The van der Waals surface area contributed by atoms with Gasteiger partial charge in [-0.1, -0.05) is 121 Å². The van der Waals surface area contributed by atoms with Crippen LogP contribution in [0.4, 0.5) is 0 Å². The molecule has 0 spiro atoms. The van der Waals surface area contributed by atoms with E-state index in [9.17, 15) is 0 Å². The summed E-state index contributed by atoms with van der Waals surface area (Å²) in [6.07, 6.45) is 0.763. The Kier molecular flexibility index (Phi) is 7.85. The molecular weight excluding hydrogens is 430 g/mol. The Bertz CT molecular complexity index is 990. The highest BCUT2D eigenvalue weighted by atomic mass is 31.1. The van der Waals surface area contributed by atoms with Crippen LogP contribution in [0.1, 0.15) is 0 Å². The molecule has 0 unspecified atom stereocenters. The molecule has 4 aromatic rings. The van der Waals surface area contributed by atoms with E-state index >= 15 is 0 Å². The molecule has 0 saturated carbocycles. The van der Waals surface area contributed by atoms with Gasteiger partial charge in [0.05, 0.1) is 0 Å². The van der Waals surface area contributed by atoms with Crippen molar-refractivity contribution in [1.29, 1.82) is 0 Å². The molecule has 0 aliphatic heterocycles. The first-order valence-electron chi connectivity index (χ1n) is 10.7. The Hall–Kier alpha value is -2.34. The predicted octanol–water partition coefficient (Wildman–Crippen LogP) is 5.20. The Balaban J connectivity index is 1.85. The number of ether oxygens (including phenoxy) is 2. The summed E-state index contributed by atoms with van der Waals surface area (Å²) in [6.45, 7) is 0. The molecule has 0 saturated heterocycles. The van der Waals surface area contributed by atoms with Crippen LogP contribution in [-0.4, -0.2) is 25.9 Å². The maximum Gasteiger partial charge on any atom is 0.199 e. The van der Waals surface area contributed by atoms with Crippen LogP contribution in [0.3, 0.4) is 0 Å². The minimum Gasteiger partial charge on any atom is -0.349 e. The normalized spacial score (nSPS) is 11.8. The molecule has 162 valence electrons. The highest BCUT2D eigenvalue weighted by Gasteiger charge is 2.43. The van der Waals surface area contributed by atoms with Crippen LogP contribution in [0.15, 0.2) is 121 Å². The summed E-state index contributed by atoms with van der Waals surface area (Å²) in [5, 5.41) is 5.13. The third-order valence-corrected chi connectivity index (χ3v) is 11.2. The third kappa shape index (κ3) is 5.01. The van der Waals surface area contributed by atoms with Gasteiger partial charge in [0.25, 0.3) is 0 Å². The van der Waals surface area contributed by atoms with Crippen LogP contribution in [0.2, 0.25) is 0 Å². The van der Waals surface area contributed by atoms with Crippen LogP contribution in [0.25, 0.3) is 0 Å². The van der Waals surface area contributed by atoms with Gasteiger partial charge in [0, 0.05) is 28.3 Å². The standard InChI is InChI=1S/C28H28O2P2/c1-29-28(30-2,32(26-19-11-5-12-20-26)27-21-13-6-14-22-27)23-31(24-15-7-3-8-16-24)25-17-9-4-10-18-25/h3-22H,23H2,1-2H3. The van der Waals surface area contributed by atoms with Crippen molar-refractivity contribution in [2.24, 2.45) is 0 Å². The van der Waals surface area contributed by atoms with E-state index in [0.717, 1.165) is 6.16 Å². The van der Waals surface area contributed by atoms with Gasteiger partial charge in [-0.2, -0.15) is 0 Å². The predicted molar refractivity (Wildman–Crippen MR) is 140 cm³/mol. The average Bonchev–Trinajstić information content (AvgIpc) is 2.89. The summed E-state index contributed by atoms with van der Waals surface area (Å²) in [4.78, 5) is 0. The lowest BCUT2D eigenvalue weighted by atomic mass is 10.4. The highest BCUT2D eigenvalue weighted by Crippen LogP contribution is 2.54. The first-order valence-corrected chi connectivity index (χ1v) is 13.5. The fraction of sp³-hybridized carbons (Fsp3) is 0.143. The van der Waals surface area contributed by atoms with Crippen LogP contribution < -0.4 is 21.2 Å². The fourth-order valence-corrected chi connectivity index (χ4v) is 9.68. The molecule has 0 radical (unpaired) electrons. The minimum absolute atomic E-state index is 0.697. The van der Waals surface area contributed by atoms with Crippen molar-refractivity contribution in [3.05, 3.63) is 121 Å². The lowest BCUT2D eigenvalue weighted by Gasteiger charge is -2.41. The zero-order valence-electron chi connectivity index (χ0n) is 18.5. The van der Waals surface area contributed by atoms with Crippen LogP contribution in [-0.2, 0) is 9.47 Å². The summed E-state index contributed by atoms with van der Waals surface area (Å²) in [7, 11) is 1.93. The quantitative estimate of drug-likeness (QED) is 0.254. The van der Waals surface area contributed by atoms with Crippen molar-refractivity contribution in [2.75, 3.05) is 20.4 Å². The van der Waals surface area contributed by atoms with E-state index in [0.29, 0.717) is 0 Å². The van der Waals surface area contributed by atoms with Crippen LogP contribution >= 0.6 is 15.8 Å². The summed E-state index contributed by atoms with van der Waals surface area (Å²) < 4.78 is 12.7. The largest absolute Gasteiger partial charge is 0.349 e. The SMILES string of the molecule is COC(CP(c1ccccc1)c1ccccc1)(OC)P(c1ccccc1)c1ccccc1. The van der Waals surface area contributed by atoms with Crippen LogP contribution in [0.5, 0.6) is 0 Å². The van der Waals surface area contributed by atoms with E-state index in [2.05, 4.69) is 121 Å². The monoisotopic (exact) mass is 458 g/mol. The zero-order valence-corrected chi connectivity index (χ0v) is 20.3. The van der Waals surface area contributed by atoms with E-state index in [-0.39, 0.29) is 0 Å². The van der Waals surface area contributed by atoms with Crippen LogP contribution in [0, 0.1) is 0 Å². The Morgan fingerprint density at radius 2 is 0.812 bits per heavy atom. The van der Waals surface area contributed by atoms with Gasteiger partial charge in [0.2, 0.25) is 0 Å². The van der Waals surface area contributed by atoms with Gasteiger partial charge < -0.3 is 9.47 Å². The molecule has 0 N–H and O–H groups in total. The fourth-order valence-electron chi connectivity index (χ4n) is 3.91. The van der Waals surface area contributed by atoms with Gasteiger partial charge in [0.1, 0.15) is 0 Å². The lowest BCUT2D eigenvalue weighted by molar-refractivity contribution is -0.120. The molecule has 0 atom stereocenters. The molecule has 4 rings (SSSR count). The molecule has 32 heavy (non-hydrogen) atoms. The maximum absolute atomic E-state index is 6.35. The summed E-state index contributed by atoms with van der Waals surface area (Å²) in [5.74, 6) is 0. The van der Waals surface area contributed by atoms with Gasteiger partial charge in [-0.25, -0.2) is 0 Å². The summed E-state index contributed by atoms with van der Waals surface area (Å²) >= 11 is 0. The van der Waals surface area contributed by atoms with Gasteiger partial charge >= 0.3 is 0 Å². The number of benzene rings is 4. The highest BCUT2D eigenvalue weighted by molar-refractivity contribution is 7.77. The Morgan fingerprint density at radius 3 is 1.12 bits per heavy atom. The van der Waals surface area contributed by atoms with E-state index in [1.165, 1.54) is 21.2 Å². The summed E-state index contributed by atoms with van der Waals surface area (Å²) in [6, 6.07) is 42.8. The van der Waals surface area contributed by atoms with Crippen molar-refractivity contribution in [3.63, 3.8) is 0 Å². The van der Waals surface area contributed by atoms with Crippen molar-refractivity contribution in [3.8, 4) is 0 Å². The Morgan fingerprint density at radius 1 is 0.500 bits per heavy atom. The minimum atomic E-state index is -0.940. The van der Waals surface area contributed by atoms with E-state index in [1.54, 1.807) is 14.2 Å². The van der Waals surface area contributed by atoms with Crippen molar-refractivity contribution in [2.45, 2.75) is 5.53 Å². The molecule has 0 amide bonds. The molecule has 0 aliphatic rings. The molecule has 4 aromatic carbocycles. The third-order valence-electron chi connectivity index (χ3n) is 5.50. The molecule has 0 aromatic heterocycles. The molecule has 0 bridgehead atoms. The maximum atomic E-state index is 6.35. The second kappa shape index (κ2) is 11.0. The number of methoxy groups -OCH3 is 2. The molecule has 4 heteroatoms. The molecular formula is C28H28O2P2.